The van der Waals surface area contributed by atoms with Gasteiger partial charge in [0.25, 0.3) is 0 Å². The highest BCUT2D eigenvalue weighted by atomic mass is 16.5. The van der Waals surface area contributed by atoms with Crippen molar-refractivity contribution in [3.63, 3.8) is 0 Å². The minimum atomic E-state index is 0.225. The van der Waals surface area contributed by atoms with Gasteiger partial charge in [0.05, 0.1) is 19.2 Å². The van der Waals surface area contributed by atoms with E-state index in [0.29, 0.717) is 5.92 Å². The molecule has 2 atom stereocenters. The van der Waals surface area contributed by atoms with E-state index < -0.39 is 0 Å². The van der Waals surface area contributed by atoms with Gasteiger partial charge in [-0.25, -0.2) is 0 Å². The summed E-state index contributed by atoms with van der Waals surface area (Å²) in [5.41, 5.74) is 0. The molecule has 2 unspecified atom stereocenters. The van der Waals surface area contributed by atoms with Crippen LogP contribution in [0.4, 0.5) is 0 Å². The van der Waals surface area contributed by atoms with Crippen LogP contribution in [0.15, 0.2) is 21.5 Å². The number of aliphatic imine (C=N–C) groups is 1. The van der Waals surface area contributed by atoms with E-state index in [1.165, 1.54) is 12.8 Å². The maximum atomic E-state index is 5.96. The summed E-state index contributed by atoms with van der Waals surface area (Å²) < 4.78 is 11.5. The zero-order valence-corrected chi connectivity index (χ0v) is 16.5. The molecule has 3 rings (SSSR count). The van der Waals surface area contributed by atoms with Gasteiger partial charge in [0.15, 0.2) is 5.96 Å². The molecule has 0 spiro atoms. The second kappa shape index (κ2) is 9.42. The highest BCUT2D eigenvalue weighted by Crippen LogP contribution is 2.27. The van der Waals surface area contributed by atoms with Crippen LogP contribution >= 0.6 is 0 Å². The van der Waals surface area contributed by atoms with Crippen molar-refractivity contribution < 1.29 is 9.15 Å². The van der Waals surface area contributed by atoms with E-state index in [2.05, 4.69) is 41.2 Å². The average Bonchev–Trinajstić information content (AvgIpc) is 3.37. The van der Waals surface area contributed by atoms with Gasteiger partial charge in [-0.05, 0) is 58.3 Å². The molecular formula is C20H34N4O2. The summed E-state index contributed by atoms with van der Waals surface area (Å²) in [5, 5.41) is 3.44. The fraction of sp³-hybridized carbons (Fsp3) is 0.750. The van der Waals surface area contributed by atoms with Crippen LogP contribution in [-0.4, -0.2) is 68.7 Å². The van der Waals surface area contributed by atoms with E-state index in [1.54, 1.807) is 0 Å². The minimum absolute atomic E-state index is 0.225. The topological polar surface area (TPSA) is 53.2 Å². The number of rotatable bonds is 7. The van der Waals surface area contributed by atoms with Crippen LogP contribution in [-0.2, 0) is 4.74 Å². The third-order valence-electron chi connectivity index (χ3n) is 5.34. The van der Waals surface area contributed by atoms with E-state index in [9.17, 15) is 0 Å². The third kappa shape index (κ3) is 5.01. The Bertz CT molecular complexity index is 574. The zero-order valence-electron chi connectivity index (χ0n) is 16.5. The molecular weight excluding hydrogens is 328 g/mol. The Kier molecular flexibility index (Phi) is 6.97. The summed E-state index contributed by atoms with van der Waals surface area (Å²) in [6.07, 6.45) is 3.68. The fourth-order valence-electron chi connectivity index (χ4n) is 3.91. The van der Waals surface area contributed by atoms with Gasteiger partial charge in [-0.3, -0.25) is 9.89 Å². The molecule has 6 nitrogen and oxygen atoms in total. The molecule has 0 amide bonds. The standard InChI is InChI=1S/C20H34N4O2/c1-4-21-20(23(3)14-17-9-12-25-15-17)22-13-18(24-10-5-6-11-24)19-8-7-16(2)26-19/h7-8,17-18H,4-6,9-15H2,1-3H3,(H,21,22). The van der Waals surface area contributed by atoms with Crippen LogP contribution in [0.1, 0.15) is 43.7 Å². The number of nitrogens with zero attached hydrogens (tertiary/aromatic N) is 3. The second-order valence-electron chi connectivity index (χ2n) is 7.51. The van der Waals surface area contributed by atoms with Gasteiger partial charge in [-0.15, -0.1) is 0 Å². The van der Waals surface area contributed by atoms with Crippen molar-refractivity contribution in [1.29, 1.82) is 0 Å². The Hall–Kier alpha value is -1.53. The van der Waals surface area contributed by atoms with Crippen molar-refractivity contribution in [1.82, 2.24) is 15.1 Å². The van der Waals surface area contributed by atoms with Gasteiger partial charge < -0.3 is 19.4 Å². The van der Waals surface area contributed by atoms with Crippen LogP contribution in [0.3, 0.4) is 0 Å². The lowest BCUT2D eigenvalue weighted by Gasteiger charge is -2.27. The first kappa shape index (κ1) is 19.2. The first-order valence-corrected chi connectivity index (χ1v) is 10.0. The van der Waals surface area contributed by atoms with E-state index in [-0.39, 0.29) is 6.04 Å². The van der Waals surface area contributed by atoms with Crippen LogP contribution in [0.5, 0.6) is 0 Å². The Balaban J connectivity index is 1.69. The van der Waals surface area contributed by atoms with Crippen LogP contribution in [0.2, 0.25) is 0 Å². The lowest BCUT2D eigenvalue weighted by Crippen LogP contribution is -2.42. The zero-order chi connectivity index (χ0) is 18.4. The predicted octanol–water partition coefficient (Wildman–Crippen LogP) is 2.66. The summed E-state index contributed by atoms with van der Waals surface area (Å²) in [5.74, 6) is 3.59. The average molecular weight is 363 g/mol. The summed E-state index contributed by atoms with van der Waals surface area (Å²) in [6, 6.07) is 4.39. The van der Waals surface area contributed by atoms with E-state index in [0.717, 1.165) is 69.8 Å². The Morgan fingerprint density at radius 1 is 1.38 bits per heavy atom. The van der Waals surface area contributed by atoms with Crippen molar-refractivity contribution >= 4 is 5.96 Å². The van der Waals surface area contributed by atoms with Crippen LogP contribution < -0.4 is 5.32 Å². The number of furan rings is 1. The number of hydrogen-bond donors (Lipinski definition) is 1. The molecule has 0 radical (unpaired) electrons. The van der Waals surface area contributed by atoms with Crippen LogP contribution in [0.25, 0.3) is 0 Å². The Morgan fingerprint density at radius 3 is 2.81 bits per heavy atom. The molecule has 0 bridgehead atoms. The number of likely N-dealkylation sites (tertiary alicyclic amines) is 1. The number of nitrogens with one attached hydrogen (secondary N) is 1. The Labute approximate surface area is 157 Å². The minimum Gasteiger partial charge on any atom is -0.465 e. The molecule has 26 heavy (non-hydrogen) atoms. The van der Waals surface area contributed by atoms with Crippen molar-refractivity contribution in [3.05, 3.63) is 23.7 Å². The molecule has 0 aliphatic carbocycles. The van der Waals surface area contributed by atoms with Crippen molar-refractivity contribution in [2.75, 3.05) is 53.0 Å². The molecule has 0 aromatic carbocycles. The first-order valence-electron chi connectivity index (χ1n) is 10.0. The first-order chi connectivity index (χ1) is 12.7. The lowest BCUT2D eigenvalue weighted by molar-refractivity contribution is 0.181. The highest BCUT2D eigenvalue weighted by Gasteiger charge is 2.26. The molecule has 2 fully saturated rings. The number of ether oxygens (including phenoxy) is 1. The summed E-state index contributed by atoms with van der Waals surface area (Å²) in [7, 11) is 2.13. The summed E-state index contributed by atoms with van der Waals surface area (Å²) >= 11 is 0. The van der Waals surface area contributed by atoms with E-state index in [1.807, 2.05) is 6.92 Å². The van der Waals surface area contributed by atoms with Crippen molar-refractivity contribution in [2.24, 2.45) is 10.9 Å². The van der Waals surface area contributed by atoms with Crippen LogP contribution in [0, 0.1) is 12.8 Å². The largest absolute Gasteiger partial charge is 0.465 e. The fourth-order valence-corrected chi connectivity index (χ4v) is 3.91. The molecule has 1 N–H and O–H groups in total. The maximum absolute atomic E-state index is 5.96. The quantitative estimate of drug-likeness (QED) is 0.597. The maximum Gasteiger partial charge on any atom is 0.193 e. The molecule has 0 saturated carbocycles. The summed E-state index contributed by atoms with van der Waals surface area (Å²) in [6.45, 7) is 10.7. The molecule has 3 heterocycles. The van der Waals surface area contributed by atoms with Gasteiger partial charge in [0.1, 0.15) is 11.5 Å². The molecule has 1 aromatic heterocycles. The van der Waals surface area contributed by atoms with E-state index >= 15 is 0 Å². The monoisotopic (exact) mass is 362 g/mol. The third-order valence-corrected chi connectivity index (χ3v) is 5.34. The predicted molar refractivity (Wildman–Crippen MR) is 105 cm³/mol. The number of hydrogen-bond acceptors (Lipinski definition) is 4. The highest BCUT2D eigenvalue weighted by molar-refractivity contribution is 5.79. The molecule has 6 heteroatoms. The van der Waals surface area contributed by atoms with Gasteiger partial charge in [0.2, 0.25) is 0 Å². The van der Waals surface area contributed by atoms with Gasteiger partial charge in [0, 0.05) is 32.7 Å². The second-order valence-corrected chi connectivity index (χ2v) is 7.51. The molecule has 2 aliphatic rings. The number of guanidine groups is 1. The lowest BCUT2D eigenvalue weighted by atomic mass is 10.1. The Morgan fingerprint density at radius 2 is 2.19 bits per heavy atom. The molecule has 2 aliphatic heterocycles. The normalized spacial score (nSPS) is 22.7. The molecule has 2 saturated heterocycles. The van der Waals surface area contributed by atoms with Gasteiger partial charge in [-0.2, -0.15) is 0 Å². The van der Waals surface area contributed by atoms with Crippen molar-refractivity contribution in [3.8, 4) is 0 Å². The van der Waals surface area contributed by atoms with Crippen molar-refractivity contribution in [2.45, 2.75) is 39.2 Å². The molecule has 1 aromatic rings. The summed E-state index contributed by atoms with van der Waals surface area (Å²) in [4.78, 5) is 9.73. The molecule has 146 valence electrons. The van der Waals surface area contributed by atoms with Gasteiger partial charge >= 0.3 is 0 Å². The van der Waals surface area contributed by atoms with E-state index in [4.69, 9.17) is 14.1 Å². The SMILES string of the molecule is CCNC(=NCC(c1ccc(C)o1)N1CCCC1)N(C)CC1CCOC1. The number of aryl methyl sites for hydroxylation is 1. The smallest absolute Gasteiger partial charge is 0.193 e. The van der Waals surface area contributed by atoms with Gasteiger partial charge in [-0.1, -0.05) is 0 Å².